The molecule has 0 radical (unpaired) electrons. The van der Waals surface area contributed by atoms with Crippen LogP contribution < -0.4 is 5.48 Å². The second-order valence-electron chi connectivity index (χ2n) is 3.04. The highest BCUT2D eigenvalue weighted by molar-refractivity contribution is 5.66. The molecule has 0 aliphatic carbocycles. The Bertz CT molecular complexity index is 129. The van der Waals surface area contributed by atoms with Crippen LogP contribution in [0.2, 0.25) is 0 Å². The standard InChI is InChI=1S/C7H15NO3.C2H6/c1-5-10-8-6(9)11-7(2,3)4;1-2/h5H2,1-4H3,(H,8,9);1-2H3. The minimum atomic E-state index is -0.556. The summed E-state index contributed by atoms with van der Waals surface area (Å²) in [5.74, 6) is 0. The van der Waals surface area contributed by atoms with Gasteiger partial charge in [0.05, 0.1) is 6.61 Å². The average Bonchev–Trinajstić information content (AvgIpc) is 2.01. The molecule has 0 saturated heterocycles. The molecule has 0 unspecified atom stereocenters. The first-order chi connectivity index (χ1) is 5.95. The number of hydrogen-bond donors (Lipinski definition) is 1. The summed E-state index contributed by atoms with van der Waals surface area (Å²) in [6, 6.07) is 0. The van der Waals surface area contributed by atoms with Crippen LogP contribution in [-0.2, 0) is 9.57 Å². The molecule has 80 valence electrons. The van der Waals surface area contributed by atoms with Gasteiger partial charge in [0.1, 0.15) is 5.60 Å². The number of hydroxylamine groups is 1. The van der Waals surface area contributed by atoms with Crippen molar-refractivity contribution in [2.45, 2.75) is 47.1 Å². The fourth-order valence-corrected chi connectivity index (χ4v) is 0.430. The lowest BCUT2D eigenvalue weighted by Crippen LogP contribution is -2.32. The van der Waals surface area contributed by atoms with Gasteiger partial charge in [0.2, 0.25) is 0 Å². The van der Waals surface area contributed by atoms with Gasteiger partial charge in [0.25, 0.3) is 0 Å². The van der Waals surface area contributed by atoms with Crippen molar-refractivity contribution in [3.8, 4) is 0 Å². The Kier molecular flexibility index (Phi) is 8.91. The van der Waals surface area contributed by atoms with Crippen LogP contribution in [0.15, 0.2) is 0 Å². The molecule has 0 atom stereocenters. The van der Waals surface area contributed by atoms with E-state index in [-0.39, 0.29) is 0 Å². The van der Waals surface area contributed by atoms with Gasteiger partial charge in [0.15, 0.2) is 0 Å². The van der Waals surface area contributed by atoms with Crippen molar-refractivity contribution in [3.63, 3.8) is 0 Å². The van der Waals surface area contributed by atoms with Crippen molar-refractivity contribution < 1.29 is 14.4 Å². The predicted octanol–water partition coefficient (Wildman–Crippen LogP) is 2.49. The molecule has 0 aromatic rings. The zero-order valence-electron chi connectivity index (χ0n) is 9.43. The molecule has 0 heterocycles. The maximum atomic E-state index is 10.8. The molecule has 1 amide bonds. The molecule has 0 spiro atoms. The molecular weight excluding hydrogens is 170 g/mol. The van der Waals surface area contributed by atoms with E-state index in [2.05, 4.69) is 10.3 Å². The van der Waals surface area contributed by atoms with E-state index >= 15 is 0 Å². The summed E-state index contributed by atoms with van der Waals surface area (Å²) in [6.07, 6.45) is -0.556. The van der Waals surface area contributed by atoms with Gasteiger partial charge in [-0.3, -0.25) is 4.84 Å². The van der Waals surface area contributed by atoms with Crippen LogP contribution in [0.25, 0.3) is 0 Å². The van der Waals surface area contributed by atoms with E-state index in [0.717, 1.165) is 0 Å². The zero-order chi connectivity index (χ0) is 10.9. The van der Waals surface area contributed by atoms with Crippen LogP contribution in [0, 0.1) is 0 Å². The first-order valence-electron chi connectivity index (χ1n) is 4.56. The van der Waals surface area contributed by atoms with Gasteiger partial charge in [-0.05, 0) is 27.7 Å². The molecule has 0 aromatic heterocycles. The Morgan fingerprint density at radius 3 is 2.08 bits per heavy atom. The Hall–Kier alpha value is -0.770. The number of rotatable bonds is 2. The van der Waals surface area contributed by atoms with Crippen molar-refractivity contribution >= 4 is 6.09 Å². The molecule has 0 aliphatic heterocycles. The van der Waals surface area contributed by atoms with Gasteiger partial charge in [-0.25, -0.2) is 4.79 Å². The Morgan fingerprint density at radius 2 is 1.77 bits per heavy atom. The van der Waals surface area contributed by atoms with Crippen molar-refractivity contribution in [3.05, 3.63) is 0 Å². The lowest BCUT2D eigenvalue weighted by molar-refractivity contribution is -0.00406. The van der Waals surface area contributed by atoms with Gasteiger partial charge >= 0.3 is 6.09 Å². The maximum absolute atomic E-state index is 10.8. The smallest absolute Gasteiger partial charge is 0.431 e. The molecule has 0 bridgehead atoms. The van der Waals surface area contributed by atoms with E-state index in [1.807, 2.05) is 13.8 Å². The van der Waals surface area contributed by atoms with E-state index in [4.69, 9.17) is 4.74 Å². The Morgan fingerprint density at radius 1 is 1.31 bits per heavy atom. The van der Waals surface area contributed by atoms with Crippen LogP contribution in [0.1, 0.15) is 41.5 Å². The van der Waals surface area contributed by atoms with Crippen molar-refractivity contribution in [2.24, 2.45) is 0 Å². The molecule has 1 N–H and O–H groups in total. The van der Waals surface area contributed by atoms with E-state index < -0.39 is 11.7 Å². The second kappa shape index (κ2) is 7.86. The molecule has 0 aliphatic rings. The minimum absolute atomic E-state index is 0.430. The molecule has 0 rings (SSSR count). The summed E-state index contributed by atoms with van der Waals surface area (Å²) in [5.41, 5.74) is 1.66. The highest BCUT2D eigenvalue weighted by Crippen LogP contribution is 2.05. The fraction of sp³-hybridized carbons (Fsp3) is 0.889. The largest absolute Gasteiger partial charge is 0.442 e. The Labute approximate surface area is 80.6 Å². The zero-order valence-corrected chi connectivity index (χ0v) is 9.43. The van der Waals surface area contributed by atoms with E-state index in [1.54, 1.807) is 27.7 Å². The highest BCUT2D eigenvalue weighted by atomic mass is 16.7. The number of carbonyl (C=O) groups excluding carboxylic acids is 1. The molecule has 4 heteroatoms. The molecule has 0 aromatic carbocycles. The molecule has 0 fully saturated rings. The number of hydrogen-bond acceptors (Lipinski definition) is 3. The third-order valence-corrected chi connectivity index (χ3v) is 0.699. The monoisotopic (exact) mass is 191 g/mol. The molecular formula is C9H21NO3. The summed E-state index contributed by atoms with van der Waals surface area (Å²) >= 11 is 0. The van der Waals surface area contributed by atoms with Crippen LogP contribution in [0.4, 0.5) is 4.79 Å². The number of carbonyl (C=O) groups is 1. The first-order valence-corrected chi connectivity index (χ1v) is 4.56. The highest BCUT2D eigenvalue weighted by Gasteiger charge is 2.15. The van der Waals surface area contributed by atoms with Crippen molar-refractivity contribution in [2.75, 3.05) is 6.61 Å². The minimum Gasteiger partial charge on any atom is -0.442 e. The number of nitrogens with one attached hydrogen (secondary N) is 1. The van der Waals surface area contributed by atoms with E-state index in [9.17, 15) is 4.79 Å². The summed E-state index contributed by atoms with van der Waals surface area (Å²) in [7, 11) is 0. The van der Waals surface area contributed by atoms with Gasteiger partial charge in [-0.1, -0.05) is 13.8 Å². The van der Waals surface area contributed by atoms with Gasteiger partial charge < -0.3 is 4.74 Å². The molecule has 0 saturated carbocycles. The predicted molar refractivity (Wildman–Crippen MR) is 52.3 cm³/mol. The Balaban J connectivity index is 0. The fourth-order valence-electron chi connectivity index (χ4n) is 0.430. The first kappa shape index (κ1) is 14.7. The normalized spacial score (nSPS) is 9.69. The third-order valence-electron chi connectivity index (χ3n) is 0.699. The summed E-state index contributed by atoms with van der Waals surface area (Å²) < 4.78 is 4.86. The van der Waals surface area contributed by atoms with Crippen LogP contribution in [0.3, 0.4) is 0 Å². The average molecular weight is 191 g/mol. The summed E-state index contributed by atoms with van der Waals surface area (Å²) in [6.45, 7) is 11.6. The molecule has 4 nitrogen and oxygen atoms in total. The van der Waals surface area contributed by atoms with Gasteiger partial charge in [-0.2, -0.15) is 5.48 Å². The summed E-state index contributed by atoms with van der Waals surface area (Å²) in [5, 5.41) is 0. The quantitative estimate of drug-likeness (QED) is 0.682. The summed E-state index contributed by atoms with van der Waals surface area (Å²) in [4.78, 5) is 15.4. The number of amides is 1. The number of ether oxygens (including phenoxy) is 1. The lowest BCUT2D eigenvalue weighted by atomic mass is 10.2. The van der Waals surface area contributed by atoms with Gasteiger partial charge in [-0.15, -0.1) is 0 Å². The van der Waals surface area contributed by atoms with Gasteiger partial charge in [0, 0.05) is 0 Å². The topological polar surface area (TPSA) is 47.6 Å². The van der Waals surface area contributed by atoms with E-state index in [1.165, 1.54) is 0 Å². The SMILES string of the molecule is CC.CCONC(=O)OC(C)(C)C. The van der Waals surface area contributed by atoms with Crippen LogP contribution >= 0.6 is 0 Å². The van der Waals surface area contributed by atoms with Crippen molar-refractivity contribution in [1.29, 1.82) is 0 Å². The van der Waals surface area contributed by atoms with Crippen LogP contribution in [0.5, 0.6) is 0 Å². The maximum Gasteiger partial charge on any atom is 0.431 e. The second-order valence-corrected chi connectivity index (χ2v) is 3.04. The van der Waals surface area contributed by atoms with E-state index in [0.29, 0.717) is 6.61 Å². The van der Waals surface area contributed by atoms with Crippen molar-refractivity contribution in [1.82, 2.24) is 5.48 Å². The van der Waals surface area contributed by atoms with Crippen LogP contribution in [-0.4, -0.2) is 18.3 Å². The molecule has 13 heavy (non-hydrogen) atoms. The third kappa shape index (κ3) is 14.1. The lowest BCUT2D eigenvalue weighted by Gasteiger charge is -2.19.